The minimum atomic E-state index is 0.0290. The van der Waals surface area contributed by atoms with Gasteiger partial charge >= 0.3 is 0 Å². The lowest BCUT2D eigenvalue weighted by Crippen LogP contribution is -2.48. The first-order valence-electron chi connectivity index (χ1n) is 7.26. The van der Waals surface area contributed by atoms with Gasteiger partial charge in [0.2, 0.25) is 5.91 Å². The Bertz CT molecular complexity index is 452. The van der Waals surface area contributed by atoms with Gasteiger partial charge in [-0.25, -0.2) is 4.98 Å². The molecular weight excluding hydrogens is 240 g/mol. The first-order chi connectivity index (χ1) is 9.29. The molecule has 1 amide bonds. The molecule has 2 heterocycles. The van der Waals surface area contributed by atoms with E-state index in [9.17, 15) is 4.79 Å². The lowest BCUT2D eigenvalue weighted by atomic mass is 10.0. The Kier molecular flexibility index (Phi) is 3.55. The molecule has 1 aliphatic carbocycles. The second-order valence-electron chi connectivity index (χ2n) is 5.62. The molecule has 5 heteroatoms. The maximum Gasteiger partial charge on any atom is 0.237 e. The highest BCUT2D eigenvalue weighted by molar-refractivity contribution is 5.81. The fourth-order valence-corrected chi connectivity index (χ4v) is 2.99. The van der Waals surface area contributed by atoms with Crippen molar-refractivity contribution in [1.82, 2.24) is 19.8 Å². The molecule has 0 spiro atoms. The SMILES string of the molecule is CNC(=O)C1CCCCN1Cc1cncn1C1CC1. The molecular formula is C14H22N4O. The number of nitrogens with zero attached hydrogens (tertiary/aromatic N) is 3. The third-order valence-electron chi connectivity index (χ3n) is 4.21. The fraction of sp³-hybridized carbons (Fsp3) is 0.714. The van der Waals surface area contributed by atoms with Crippen molar-refractivity contribution in [3.63, 3.8) is 0 Å². The van der Waals surface area contributed by atoms with E-state index in [1.165, 1.54) is 25.0 Å². The molecule has 1 unspecified atom stereocenters. The molecule has 1 saturated heterocycles. The van der Waals surface area contributed by atoms with Gasteiger partial charge in [-0.3, -0.25) is 9.69 Å². The third kappa shape index (κ3) is 2.66. The van der Waals surface area contributed by atoms with Crippen molar-refractivity contribution in [2.45, 2.75) is 50.7 Å². The van der Waals surface area contributed by atoms with Crippen molar-refractivity contribution in [2.24, 2.45) is 0 Å². The van der Waals surface area contributed by atoms with Gasteiger partial charge in [-0.05, 0) is 32.2 Å². The topological polar surface area (TPSA) is 50.2 Å². The highest BCUT2D eigenvalue weighted by Gasteiger charge is 2.30. The van der Waals surface area contributed by atoms with Crippen LogP contribution in [0.2, 0.25) is 0 Å². The Morgan fingerprint density at radius 2 is 2.26 bits per heavy atom. The lowest BCUT2D eigenvalue weighted by molar-refractivity contribution is -0.127. The van der Waals surface area contributed by atoms with Crippen molar-refractivity contribution in [3.05, 3.63) is 18.2 Å². The van der Waals surface area contributed by atoms with Gasteiger partial charge in [-0.1, -0.05) is 6.42 Å². The summed E-state index contributed by atoms with van der Waals surface area (Å²) in [5.74, 6) is 0.150. The minimum Gasteiger partial charge on any atom is -0.358 e. The Hall–Kier alpha value is -1.36. The normalized spacial score (nSPS) is 24.4. The number of likely N-dealkylation sites (N-methyl/N-ethyl adjacent to an activating group) is 1. The predicted octanol–water partition coefficient (Wildman–Crippen LogP) is 1.32. The van der Waals surface area contributed by atoms with Gasteiger partial charge in [0.05, 0.1) is 18.1 Å². The second-order valence-corrected chi connectivity index (χ2v) is 5.62. The van der Waals surface area contributed by atoms with Crippen molar-refractivity contribution in [2.75, 3.05) is 13.6 Å². The summed E-state index contributed by atoms with van der Waals surface area (Å²) in [7, 11) is 1.73. The van der Waals surface area contributed by atoms with Gasteiger partial charge in [0.25, 0.3) is 0 Å². The minimum absolute atomic E-state index is 0.0290. The van der Waals surface area contributed by atoms with E-state index in [-0.39, 0.29) is 11.9 Å². The quantitative estimate of drug-likeness (QED) is 0.890. The van der Waals surface area contributed by atoms with Gasteiger partial charge in [0.1, 0.15) is 0 Å². The molecule has 3 rings (SSSR count). The maximum atomic E-state index is 12.0. The predicted molar refractivity (Wildman–Crippen MR) is 72.6 cm³/mol. The molecule has 104 valence electrons. The molecule has 1 atom stereocenters. The van der Waals surface area contributed by atoms with Crippen LogP contribution in [-0.2, 0) is 11.3 Å². The van der Waals surface area contributed by atoms with E-state index in [0.717, 1.165) is 25.9 Å². The molecule has 1 aromatic heterocycles. The average molecular weight is 262 g/mol. The Labute approximate surface area is 114 Å². The van der Waals surface area contributed by atoms with E-state index < -0.39 is 0 Å². The molecule has 2 fully saturated rings. The van der Waals surface area contributed by atoms with E-state index >= 15 is 0 Å². The Morgan fingerprint density at radius 1 is 1.42 bits per heavy atom. The number of imidazole rings is 1. The van der Waals surface area contributed by atoms with Crippen molar-refractivity contribution in [3.8, 4) is 0 Å². The fourth-order valence-electron chi connectivity index (χ4n) is 2.99. The third-order valence-corrected chi connectivity index (χ3v) is 4.21. The second kappa shape index (κ2) is 5.33. The molecule has 0 radical (unpaired) electrons. The zero-order valence-corrected chi connectivity index (χ0v) is 11.5. The van der Waals surface area contributed by atoms with E-state index in [4.69, 9.17) is 0 Å². The van der Waals surface area contributed by atoms with Crippen LogP contribution in [0.25, 0.3) is 0 Å². The van der Waals surface area contributed by atoms with Crippen molar-refractivity contribution >= 4 is 5.91 Å². The molecule has 19 heavy (non-hydrogen) atoms. The molecule has 0 bridgehead atoms. The number of likely N-dealkylation sites (tertiary alicyclic amines) is 1. The summed E-state index contributed by atoms with van der Waals surface area (Å²) in [5, 5.41) is 2.79. The van der Waals surface area contributed by atoms with Gasteiger partial charge in [0, 0.05) is 25.8 Å². The molecule has 1 aliphatic heterocycles. The summed E-state index contributed by atoms with van der Waals surface area (Å²) in [6.45, 7) is 1.85. The van der Waals surface area contributed by atoms with E-state index in [1.54, 1.807) is 7.05 Å². The van der Waals surface area contributed by atoms with Crippen LogP contribution in [0.3, 0.4) is 0 Å². The van der Waals surface area contributed by atoms with Gasteiger partial charge in [0.15, 0.2) is 0 Å². The number of hydrogen-bond donors (Lipinski definition) is 1. The zero-order valence-electron chi connectivity index (χ0n) is 11.5. The van der Waals surface area contributed by atoms with Crippen molar-refractivity contribution < 1.29 is 4.79 Å². The van der Waals surface area contributed by atoms with Crippen molar-refractivity contribution in [1.29, 1.82) is 0 Å². The van der Waals surface area contributed by atoms with Crippen LogP contribution in [-0.4, -0.2) is 40.0 Å². The first-order valence-corrected chi connectivity index (χ1v) is 7.26. The summed E-state index contributed by atoms with van der Waals surface area (Å²) in [4.78, 5) is 18.5. The lowest BCUT2D eigenvalue weighted by Gasteiger charge is -2.34. The van der Waals surface area contributed by atoms with Crippen LogP contribution in [0.1, 0.15) is 43.8 Å². The number of amides is 1. The summed E-state index contributed by atoms with van der Waals surface area (Å²) in [6, 6.07) is 0.682. The highest BCUT2D eigenvalue weighted by atomic mass is 16.2. The first kappa shape index (κ1) is 12.7. The zero-order chi connectivity index (χ0) is 13.2. The smallest absolute Gasteiger partial charge is 0.237 e. The summed E-state index contributed by atoms with van der Waals surface area (Å²) in [5.41, 5.74) is 1.25. The number of aromatic nitrogens is 2. The molecule has 1 N–H and O–H groups in total. The van der Waals surface area contributed by atoms with Crippen LogP contribution >= 0.6 is 0 Å². The number of piperidine rings is 1. The molecule has 5 nitrogen and oxygen atoms in total. The summed E-state index contributed by atoms with van der Waals surface area (Å²) < 4.78 is 2.29. The molecule has 2 aliphatic rings. The summed E-state index contributed by atoms with van der Waals surface area (Å²) in [6.07, 6.45) is 9.73. The monoisotopic (exact) mass is 262 g/mol. The number of carbonyl (C=O) groups is 1. The molecule has 1 saturated carbocycles. The Morgan fingerprint density at radius 3 is 3.00 bits per heavy atom. The Balaban J connectivity index is 1.72. The summed E-state index contributed by atoms with van der Waals surface area (Å²) >= 11 is 0. The molecule has 1 aromatic rings. The van der Waals surface area contributed by atoms with E-state index in [2.05, 4.69) is 19.8 Å². The van der Waals surface area contributed by atoms with E-state index in [1.807, 2.05) is 12.5 Å². The van der Waals surface area contributed by atoms with Crippen LogP contribution in [0.15, 0.2) is 12.5 Å². The largest absolute Gasteiger partial charge is 0.358 e. The van der Waals surface area contributed by atoms with Gasteiger partial charge < -0.3 is 9.88 Å². The van der Waals surface area contributed by atoms with E-state index in [0.29, 0.717) is 6.04 Å². The van der Waals surface area contributed by atoms with Gasteiger partial charge in [-0.15, -0.1) is 0 Å². The highest BCUT2D eigenvalue weighted by Crippen LogP contribution is 2.36. The van der Waals surface area contributed by atoms with Crippen LogP contribution in [0.5, 0.6) is 0 Å². The average Bonchev–Trinajstić information content (AvgIpc) is 3.19. The molecule has 0 aromatic carbocycles. The van der Waals surface area contributed by atoms with Crippen LogP contribution in [0, 0.1) is 0 Å². The van der Waals surface area contributed by atoms with Crippen LogP contribution in [0.4, 0.5) is 0 Å². The maximum absolute atomic E-state index is 12.0. The standard InChI is InChI=1S/C14H22N4O/c1-15-14(19)13-4-2-3-7-17(13)9-12-8-16-10-18(12)11-5-6-11/h8,10-11,13H,2-7,9H2,1H3,(H,15,19). The number of nitrogens with one attached hydrogen (secondary N) is 1. The number of carbonyl (C=O) groups excluding carboxylic acids is 1. The van der Waals surface area contributed by atoms with Crippen LogP contribution < -0.4 is 5.32 Å². The number of rotatable bonds is 4. The number of hydrogen-bond acceptors (Lipinski definition) is 3. The van der Waals surface area contributed by atoms with Gasteiger partial charge in [-0.2, -0.15) is 0 Å².